The molecule has 0 aliphatic rings. The van der Waals surface area contributed by atoms with E-state index in [-0.39, 0.29) is 0 Å². The number of nitrogens with zero attached hydrogens (tertiary/aromatic N) is 2. The van der Waals surface area contributed by atoms with Crippen LogP contribution in [0.5, 0.6) is 0 Å². The van der Waals surface area contributed by atoms with Gasteiger partial charge in [0.05, 0.1) is 11.7 Å². The van der Waals surface area contributed by atoms with Crippen molar-refractivity contribution >= 4 is 0 Å². The Labute approximate surface area is 99.2 Å². The van der Waals surface area contributed by atoms with Gasteiger partial charge in [-0.3, -0.25) is 4.68 Å². The minimum atomic E-state index is 0.434. The maximum Gasteiger partial charge on any atom is 0.0625 e. The summed E-state index contributed by atoms with van der Waals surface area (Å²) in [5.41, 5.74) is 3.76. The third-order valence-electron chi connectivity index (χ3n) is 3.25. The zero-order valence-corrected chi connectivity index (χ0v) is 11.3. The molecule has 0 aliphatic heterocycles. The molecule has 1 aromatic rings. The molecule has 3 nitrogen and oxygen atoms in total. The zero-order chi connectivity index (χ0) is 12.1. The van der Waals surface area contributed by atoms with Crippen molar-refractivity contribution in [3.8, 4) is 0 Å². The molecule has 0 saturated carbocycles. The van der Waals surface area contributed by atoms with Crippen molar-refractivity contribution in [2.24, 2.45) is 0 Å². The first-order valence-electron chi connectivity index (χ1n) is 6.31. The SMILES string of the molecule is CCCCNCC(C)n1nc(C)c(C)c1C. The maximum absolute atomic E-state index is 4.59. The van der Waals surface area contributed by atoms with Crippen LogP contribution < -0.4 is 5.32 Å². The molecule has 0 aliphatic carbocycles. The van der Waals surface area contributed by atoms with Crippen molar-refractivity contribution in [1.82, 2.24) is 15.1 Å². The Hall–Kier alpha value is -0.830. The van der Waals surface area contributed by atoms with E-state index >= 15 is 0 Å². The van der Waals surface area contributed by atoms with Gasteiger partial charge >= 0.3 is 0 Å². The van der Waals surface area contributed by atoms with Crippen LogP contribution in [0.25, 0.3) is 0 Å². The number of hydrogen-bond acceptors (Lipinski definition) is 2. The summed E-state index contributed by atoms with van der Waals surface area (Å²) in [5, 5.41) is 8.06. The molecule has 16 heavy (non-hydrogen) atoms. The van der Waals surface area contributed by atoms with Crippen LogP contribution in [-0.2, 0) is 0 Å². The highest BCUT2D eigenvalue weighted by Crippen LogP contribution is 2.15. The first-order valence-corrected chi connectivity index (χ1v) is 6.31. The minimum Gasteiger partial charge on any atom is -0.315 e. The lowest BCUT2D eigenvalue weighted by Gasteiger charge is -2.15. The van der Waals surface area contributed by atoms with E-state index in [1.807, 2.05) is 0 Å². The van der Waals surface area contributed by atoms with Gasteiger partial charge in [0.15, 0.2) is 0 Å². The zero-order valence-electron chi connectivity index (χ0n) is 11.3. The molecule has 1 heterocycles. The molecular formula is C13H25N3. The predicted octanol–water partition coefficient (Wildman–Crippen LogP) is 2.76. The number of hydrogen-bond donors (Lipinski definition) is 1. The fourth-order valence-corrected chi connectivity index (χ4v) is 1.87. The molecule has 1 aromatic heterocycles. The summed E-state index contributed by atoms with van der Waals surface area (Å²) in [6.45, 7) is 12.9. The van der Waals surface area contributed by atoms with Gasteiger partial charge in [0, 0.05) is 12.2 Å². The van der Waals surface area contributed by atoms with Crippen molar-refractivity contribution < 1.29 is 0 Å². The molecule has 92 valence electrons. The first kappa shape index (κ1) is 13.2. The Balaban J connectivity index is 2.52. The number of unbranched alkanes of at least 4 members (excludes halogenated alkanes) is 1. The minimum absolute atomic E-state index is 0.434. The molecule has 1 N–H and O–H groups in total. The van der Waals surface area contributed by atoms with Crippen LogP contribution in [0, 0.1) is 20.8 Å². The van der Waals surface area contributed by atoms with E-state index in [0.29, 0.717) is 6.04 Å². The van der Waals surface area contributed by atoms with Crippen LogP contribution in [0.3, 0.4) is 0 Å². The highest BCUT2D eigenvalue weighted by Gasteiger charge is 2.12. The standard InChI is InChI=1S/C13H25N3/c1-6-7-8-14-9-10(2)16-13(5)11(3)12(4)15-16/h10,14H,6-9H2,1-5H3. The van der Waals surface area contributed by atoms with Gasteiger partial charge in [-0.2, -0.15) is 5.10 Å². The Kier molecular flexibility index (Phi) is 5.00. The van der Waals surface area contributed by atoms with Gasteiger partial charge in [0.25, 0.3) is 0 Å². The van der Waals surface area contributed by atoms with E-state index in [1.165, 1.54) is 24.1 Å². The predicted molar refractivity (Wildman–Crippen MR) is 68.9 cm³/mol. The smallest absolute Gasteiger partial charge is 0.0625 e. The molecule has 0 saturated heterocycles. The molecular weight excluding hydrogens is 198 g/mol. The Morgan fingerprint density at radius 1 is 1.31 bits per heavy atom. The van der Waals surface area contributed by atoms with E-state index < -0.39 is 0 Å². The number of nitrogens with one attached hydrogen (secondary N) is 1. The van der Waals surface area contributed by atoms with E-state index in [9.17, 15) is 0 Å². The van der Waals surface area contributed by atoms with Crippen LogP contribution in [0.2, 0.25) is 0 Å². The summed E-state index contributed by atoms with van der Waals surface area (Å²) >= 11 is 0. The molecule has 0 spiro atoms. The molecule has 0 bridgehead atoms. The van der Waals surface area contributed by atoms with Crippen LogP contribution in [0.1, 0.15) is 49.7 Å². The number of rotatable bonds is 6. The first-order chi connectivity index (χ1) is 7.57. The Bertz CT molecular complexity index is 328. The monoisotopic (exact) mass is 223 g/mol. The van der Waals surface area contributed by atoms with Gasteiger partial charge in [-0.15, -0.1) is 0 Å². The average molecular weight is 223 g/mol. The molecule has 3 heteroatoms. The van der Waals surface area contributed by atoms with Gasteiger partial charge in [-0.1, -0.05) is 13.3 Å². The van der Waals surface area contributed by atoms with Crippen molar-refractivity contribution in [2.45, 2.75) is 53.5 Å². The van der Waals surface area contributed by atoms with Crippen LogP contribution in [-0.4, -0.2) is 22.9 Å². The fraction of sp³-hybridized carbons (Fsp3) is 0.769. The molecule has 0 radical (unpaired) electrons. The second-order valence-electron chi connectivity index (χ2n) is 4.65. The summed E-state index contributed by atoms with van der Waals surface area (Å²) in [5.74, 6) is 0. The van der Waals surface area contributed by atoms with Crippen molar-refractivity contribution in [2.75, 3.05) is 13.1 Å². The van der Waals surface area contributed by atoms with Crippen LogP contribution >= 0.6 is 0 Å². The molecule has 1 atom stereocenters. The summed E-state index contributed by atoms with van der Waals surface area (Å²) in [6, 6.07) is 0.434. The lowest BCUT2D eigenvalue weighted by Crippen LogP contribution is -2.25. The number of aryl methyl sites for hydroxylation is 1. The highest BCUT2D eigenvalue weighted by atomic mass is 15.3. The highest BCUT2D eigenvalue weighted by molar-refractivity contribution is 5.22. The molecule has 1 unspecified atom stereocenters. The Morgan fingerprint density at radius 2 is 2.00 bits per heavy atom. The second-order valence-corrected chi connectivity index (χ2v) is 4.65. The quantitative estimate of drug-likeness (QED) is 0.752. The van der Waals surface area contributed by atoms with Crippen molar-refractivity contribution in [3.05, 3.63) is 17.0 Å². The second kappa shape index (κ2) is 6.04. The normalized spacial score (nSPS) is 13.1. The van der Waals surface area contributed by atoms with E-state index in [2.05, 4.69) is 49.7 Å². The summed E-state index contributed by atoms with van der Waals surface area (Å²) in [7, 11) is 0. The molecule has 0 amide bonds. The lowest BCUT2D eigenvalue weighted by atomic mass is 10.2. The van der Waals surface area contributed by atoms with Gasteiger partial charge in [-0.05, 0) is 46.2 Å². The number of aromatic nitrogens is 2. The third kappa shape index (κ3) is 3.08. The summed E-state index contributed by atoms with van der Waals surface area (Å²) in [6.07, 6.45) is 2.50. The van der Waals surface area contributed by atoms with E-state index in [0.717, 1.165) is 18.8 Å². The lowest BCUT2D eigenvalue weighted by molar-refractivity contribution is 0.441. The Morgan fingerprint density at radius 3 is 2.50 bits per heavy atom. The topological polar surface area (TPSA) is 29.9 Å². The summed E-state index contributed by atoms with van der Waals surface area (Å²) in [4.78, 5) is 0. The van der Waals surface area contributed by atoms with Crippen molar-refractivity contribution in [1.29, 1.82) is 0 Å². The van der Waals surface area contributed by atoms with E-state index in [4.69, 9.17) is 0 Å². The van der Waals surface area contributed by atoms with Crippen molar-refractivity contribution in [3.63, 3.8) is 0 Å². The summed E-state index contributed by atoms with van der Waals surface area (Å²) < 4.78 is 2.14. The van der Waals surface area contributed by atoms with Gasteiger partial charge in [-0.25, -0.2) is 0 Å². The van der Waals surface area contributed by atoms with Gasteiger partial charge in [0.1, 0.15) is 0 Å². The third-order valence-corrected chi connectivity index (χ3v) is 3.25. The van der Waals surface area contributed by atoms with Crippen LogP contribution in [0.4, 0.5) is 0 Å². The maximum atomic E-state index is 4.59. The van der Waals surface area contributed by atoms with Gasteiger partial charge < -0.3 is 5.32 Å². The molecule has 0 aromatic carbocycles. The van der Waals surface area contributed by atoms with Crippen LogP contribution in [0.15, 0.2) is 0 Å². The molecule has 0 fully saturated rings. The molecule has 1 rings (SSSR count). The average Bonchev–Trinajstić information content (AvgIpc) is 2.52. The largest absolute Gasteiger partial charge is 0.315 e. The van der Waals surface area contributed by atoms with Gasteiger partial charge in [0.2, 0.25) is 0 Å². The fourth-order valence-electron chi connectivity index (χ4n) is 1.87. The van der Waals surface area contributed by atoms with E-state index in [1.54, 1.807) is 0 Å².